The normalized spacial score (nSPS) is 13.6. The molecule has 0 aliphatic carbocycles. The Morgan fingerprint density at radius 1 is 0.773 bits per heavy atom. The van der Waals surface area contributed by atoms with E-state index in [2.05, 4.69) is 69.0 Å². The van der Waals surface area contributed by atoms with Crippen LogP contribution in [0.3, 0.4) is 0 Å². The summed E-state index contributed by atoms with van der Waals surface area (Å²) in [5.41, 5.74) is 10.3. The number of anilines is 2. The minimum atomic E-state index is 0.553. The molecule has 0 aliphatic rings. The molecule has 118 valence electrons. The van der Waals surface area contributed by atoms with Gasteiger partial charge in [0.1, 0.15) is 0 Å². The number of hydrogen-bond donors (Lipinski definition) is 1. The van der Waals surface area contributed by atoms with Gasteiger partial charge in [0, 0.05) is 23.5 Å². The summed E-state index contributed by atoms with van der Waals surface area (Å²) in [4.78, 5) is 2.53. The number of hydrogen-bond acceptors (Lipinski definition) is 2. The van der Waals surface area contributed by atoms with Gasteiger partial charge in [-0.3, -0.25) is 0 Å². The van der Waals surface area contributed by atoms with E-state index in [1.165, 1.54) is 16.8 Å². The van der Waals surface area contributed by atoms with Gasteiger partial charge in [0.05, 0.1) is 0 Å². The standard InChI is InChI=1S/C20H28N2/c1-5-15(3)22(16(4)6-2)20-13-9-18(10-14-20)17-7-11-19(21)12-8-17/h7-16H,5-6,21H2,1-4H3. The first-order chi connectivity index (χ1) is 10.6. The lowest BCUT2D eigenvalue weighted by Gasteiger charge is -2.36. The van der Waals surface area contributed by atoms with E-state index in [1.807, 2.05) is 12.1 Å². The maximum atomic E-state index is 5.76. The van der Waals surface area contributed by atoms with E-state index in [-0.39, 0.29) is 0 Å². The number of nitrogens with zero attached hydrogens (tertiary/aromatic N) is 1. The molecule has 2 aromatic rings. The Kier molecular flexibility index (Phi) is 5.48. The highest BCUT2D eigenvalue weighted by Crippen LogP contribution is 2.27. The lowest BCUT2D eigenvalue weighted by Crippen LogP contribution is -2.39. The van der Waals surface area contributed by atoms with Gasteiger partial charge in [-0.25, -0.2) is 0 Å². The van der Waals surface area contributed by atoms with E-state index in [0.717, 1.165) is 18.5 Å². The fraction of sp³-hybridized carbons (Fsp3) is 0.400. The van der Waals surface area contributed by atoms with Crippen molar-refractivity contribution in [3.8, 4) is 11.1 Å². The van der Waals surface area contributed by atoms with Crippen molar-refractivity contribution in [3.63, 3.8) is 0 Å². The average molecular weight is 296 g/mol. The summed E-state index contributed by atoms with van der Waals surface area (Å²) >= 11 is 0. The highest BCUT2D eigenvalue weighted by atomic mass is 15.2. The van der Waals surface area contributed by atoms with Gasteiger partial charge < -0.3 is 10.6 Å². The number of rotatable bonds is 6. The summed E-state index contributed by atoms with van der Waals surface area (Å²) in [7, 11) is 0. The molecule has 0 aromatic heterocycles. The average Bonchev–Trinajstić information content (AvgIpc) is 2.56. The third-order valence-electron chi connectivity index (χ3n) is 4.54. The molecule has 2 nitrogen and oxygen atoms in total. The number of nitrogens with two attached hydrogens (primary N) is 1. The van der Waals surface area contributed by atoms with Gasteiger partial charge in [-0.1, -0.05) is 38.1 Å². The van der Waals surface area contributed by atoms with E-state index >= 15 is 0 Å². The lowest BCUT2D eigenvalue weighted by atomic mass is 10.0. The van der Waals surface area contributed by atoms with Gasteiger partial charge >= 0.3 is 0 Å². The molecule has 0 saturated carbocycles. The Morgan fingerprint density at radius 2 is 1.18 bits per heavy atom. The van der Waals surface area contributed by atoms with E-state index < -0.39 is 0 Å². The Morgan fingerprint density at radius 3 is 1.59 bits per heavy atom. The van der Waals surface area contributed by atoms with Crippen LogP contribution in [0.25, 0.3) is 11.1 Å². The second-order valence-corrected chi connectivity index (χ2v) is 6.09. The van der Waals surface area contributed by atoms with Crippen LogP contribution in [0.1, 0.15) is 40.5 Å². The molecule has 0 saturated heterocycles. The quantitative estimate of drug-likeness (QED) is 0.729. The molecule has 0 heterocycles. The zero-order valence-electron chi connectivity index (χ0n) is 14.2. The molecule has 0 spiro atoms. The minimum absolute atomic E-state index is 0.553. The van der Waals surface area contributed by atoms with Crippen molar-refractivity contribution < 1.29 is 0 Å². The largest absolute Gasteiger partial charge is 0.399 e. The molecule has 2 atom stereocenters. The van der Waals surface area contributed by atoms with E-state index in [9.17, 15) is 0 Å². The summed E-state index contributed by atoms with van der Waals surface area (Å²) in [6, 6.07) is 18.1. The van der Waals surface area contributed by atoms with Crippen molar-refractivity contribution in [3.05, 3.63) is 48.5 Å². The SMILES string of the molecule is CCC(C)N(c1ccc(-c2ccc(N)cc2)cc1)C(C)CC. The summed E-state index contributed by atoms with van der Waals surface area (Å²) < 4.78 is 0. The van der Waals surface area contributed by atoms with Crippen LogP contribution in [0, 0.1) is 0 Å². The maximum absolute atomic E-state index is 5.76. The second-order valence-electron chi connectivity index (χ2n) is 6.09. The Hall–Kier alpha value is -1.96. The molecule has 2 rings (SSSR count). The van der Waals surface area contributed by atoms with Gasteiger partial charge in [-0.05, 0) is 62.1 Å². The van der Waals surface area contributed by atoms with E-state index in [1.54, 1.807) is 0 Å². The maximum Gasteiger partial charge on any atom is 0.0371 e. The predicted octanol–water partition coefficient (Wildman–Crippen LogP) is 5.34. The van der Waals surface area contributed by atoms with Crippen molar-refractivity contribution in [1.29, 1.82) is 0 Å². The Labute approximate surface area is 135 Å². The van der Waals surface area contributed by atoms with Crippen LogP contribution >= 0.6 is 0 Å². The zero-order chi connectivity index (χ0) is 16.1. The van der Waals surface area contributed by atoms with Crippen LogP contribution in [0.2, 0.25) is 0 Å². The Bertz CT molecular complexity index is 562. The van der Waals surface area contributed by atoms with Crippen molar-refractivity contribution in [2.45, 2.75) is 52.6 Å². The molecule has 0 aliphatic heterocycles. The van der Waals surface area contributed by atoms with Crippen LogP contribution in [-0.2, 0) is 0 Å². The molecule has 22 heavy (non-hydrogen) atoms. The fourth-order valence-electron chi connectivity index (χ4n) is 2.84. The first kappa shape index (κ1) is 16.4. The Balaban J connectivity index is 2.27. The number of benzene rings is 2. The first-order valence-corrected chi connectivity index (χ1v) is 8.31. The minimum Gasteiger partial charge on any atom is -0.399 e. The topological polar surface area (TPSA) is 29.3 Å². The molecular formula is C20H28N2. The summed E-state index contributed by atoms with van der Waals surface area (Å²) in [6.45, 7) is 9.12. The molecule has 2 heteroatoms. The van der Waals surface area contributed by atoms with Crippen LogP contribution in [0.4, 0.5) is 11.4 Å². The first-order valence-electron chi connectivity index (χ1n) is 8.31. The highest BCUT2D eigenvalue weighted by Gasteiger charge is 2.18. The van der Waals surface area contributed by atoms with Gasteiger partial charge in [0.2, 0.25) is 0 Å². The molecule has 2 unspecified atom stereocenters. The van der Waals surface area contributed by atoms with Gasteiger partial charge in [-0.15, -0.1) is 0 Å². The summed E-state index contributed by atoms with van der Waals surface area (Å²) in [5.74, 6) is 0. The molecule has 0 radical (unpaired) electrons. The highest BCUT2D eigenvalue weighted by molar-refractivity contribution is 5.68. The molecular weight excluding hydrogens is 268 g/mol. The monoisotopic (exact) mass is 296 g/mol. The van der Waals surface area contributed by atoms with Gasteiger partial charge in [0.15, 0.2) is 0 Å². The van der Waals surface area contributed by atoms with Crippen LogP contribution in [-0.4, -0.2) is 12.1 Å². The fourth-order valence-corrected chi connectivity index (χ4v) is 2.84. The third kappa shape index (κ3) is 3.62. The predicted molar refractivity (Wildman–Crippen MR) is 98.3 cm³/mol. The summed E-state index contributed by atoms with van der Waals surface area (Å²) in [5, 5.41) is 0. The second kappa shape index (κ2) is 7.35. The van der Waals surface area contributed by atoms with Gasteiger partial charge in [0.25, 0.3) is 0 Å². The van der Waals surface area contributed by atoms with Crippen molar-refractivity contribution in [1.82, 2.24) is 0 Å². The van der Waals surface area contributed by atoms with Crippen molar-refractivity contribution in [2.75, 3.05) is 10.6 Å². The van der Waals surface area contributed by atoms with Crippen LogP contribution in [0.5, 0.6) is 0 Å². The molecule has 2 aromatic carbocycles. The zero-order valence-corrected chi connectivity index (χ0v) is 14.2. The molecule has 0 amide bonds. The van der Waals surface area contributed by atoms with E-state index in [0.29, 0.717) is 12.1 Å². The summed E-state index contributed by atoms with van der Waals surface area (Å²) in [6.07, 6.45) is 2.31. The molecule has 0 fully saturated rings. The van der Waals surface area contributed by atoms with Crippen LogP contribution < -0.4 is 10.6 Å². The third-order valence-corrected chi connectivity index (χ3v) is 4.54. The molecule has 0 bridgehead atoms. The smallest absolute Gasteiger partial charge is 0.0371 e. The van der Waals surface area contributed by atoms with Crippen LogP contribution in [0.15, 0.2) is 48.5 Å². The van der Waals surface area contributed by atoms with Crippen molar-refractivity contribution >= 4 is 11.4 Å². The van der Waals surface area contributed by atoms with Crippen molar-refractivity contribution in [2.24, 2.45) is 0 Å². The molecule has 2 N–H and O–H groups in total. The number of nitrogen functional groups attached to an aromatic ring is 1. The van der Waals surface area contributed by atoms with Gasteiger partial charge in [-0.2, -0.15) is 0 Å². The van der Waals surface area contributed by atoms with E-state index in [4.69, 9.17) is 5.73 Å². The lowest BCUT2D eigenvalue weighted by molar-refractivity contribution is 0.527.